The molecule has 1 amide bonds. The largest absolute Gasteiger partial charge is 0.385 e. The van der Waals surface area contributed by atoms with Crippen LogP contribution in [0.3, 0.4) is 0 Å². The Hall–Kier alpha value is -1.86. The number of hydrogen-bond donors (Lipinski definition) is 0. The summed E-state index contributed by atoms with van der Waals surface area (Å²) >= 11 is 1.48. The molecule has 1 aromatic heterocycles. The summed E-state index contributed by atoms with van der Waals surface area (Å²) in [6.45, 7) is 4.46. The molecule has 3 rings (SSSR count). The molecule has 1 saturated heterocycles. The number of likely N-dealkylation sites (tertiary alicyclic amines) is 1. The fraction of sp³-hybridized carbons (Fsp3) is 0.550. The minimum Gasteiger partial charge on any atom is -0.385 e. The molecule has 0 unspecified atom stereocenters. The van der Waals surface area contributed by atoms with Crippen molar-refractivity contribution in [3.05, 3.63) is 30.3 Å². The lowest BCUT2D eigenvalue weighted by Crippen LogP contribution is -2.43. The number of carbonyl (C=O) groups excluding carboxylic acids is 1. The highest BCUT2D eigenvalue weighted by atomic mass is 32.2. The Morgan fingerprint density at radius 2 is 2.07 bits per heavy atom. The molecule has 0 bridgehead atoms. The predicted octanol–water partition coefficient (Wildman–Crippen LogP) is 3.47. The van der Waals surface area contributed by atoms with Crippen LogP contribution in [0.25, 0.3) is 11.4 Å². The first-order chi connectivity index (χ1) is 13.2. The van der Waals surface area contributed by atoms with E-state index in [1.54, 1.807) is 7.11 Å². The molecule has 1 aromatic carbocycles. The lowest BCUT2D eigenvalue weighted by Gasteiger charge is -2.33. The maximum Gasteiger partial charge on any atom is 0.233 e. The topological polar surface area (TPSA) is 60.2 Å². The zero-order valence-corrected chi connectivity index (χ0v) is 17.0. The summed E-state index contributed by atoms with van der Waals surface area (Å²) in [5.41, 5.74) is 1.03. The summed E-state index contributed by atoms with van der Waals surface area (Å²) in [5, 5.41) is 9.56. The van der Waals surface area contributed by atoms with Gasteiger partial charge in [-0.25, -0.2) is 0 Å². The van der Waals surface area contributed by atoms with Gasteiger partial charge in [-0.3, -0.25) is 4.79 Å². The van der Waals surface area contributed by atoms with Crippen LogP contribution in [0.5, 0.6) is 0 Å². The lowest BCUT2D eigenvalue weighted by atomic mass is 10.0. The highest BCUT2D eigenvalue weighted by Crippen LogP contribution is 2.25. The number of carbonyl (C=O) groups is 1. The third-order valence-electron chi connectivity index (χ3n) is 4.93. The van der Waals surface area contributed by atoms with Crippen LogP contribution in [0.15, 0.2) is 35.5 Å². The Morgan fingerprint density at radius 3 is 2.81 bits per heavy atom. The fourth-order valence-corrected chi connectivity index (χ4v) is 4.29. The Labute approximate surface area is 165 Å². The van der Waals surface area contributed by atoms with Crippen molar-refractivity contribution in [2.24, 2.45) is 0 Å². The number of piperidine rings is 1. The minimum atomic E-state index is 0.194. The maximum absolute atomic E-state index is 12.7. The van der Waals surface area contributed by atoms with Crippen molar-refractivity contribution in [3.8, 4) is 11.4 Å². The van der Waals surface area contributed by atoms with Crippen molar-refractivity contribution in [2.75, 3.05) is 26.0 Å². The van der Waals surface area contributed by atoms with Crippen LogP contribution in [-0.2, 0) is 16.1 Å². The molecule has 146 valence electrons. The van der Waals surface area contributed by atoms with Gasteiger partial charge < -0.3 is 14.2 Å². The number of amides is 1. The highest BCUT2D eigenvalue weighted by molar-refractivity contribution is 7.99. The van der Waals surface area contributed by atoms with E-state index in [0.717, 1.165) is 48.9 Å². The van der Waals surface area contributed by atoms with E-state index in [1.807, 2.05) is 35.2 Å². The van der Waals surface area contributed by atoms with Crippen LogP contribution in [0, 0.1) is 0 Å². The Balaban J connectivity index is 1.72. The molecule has 1 aliphatic heterocycles. The van der Waals surface area contributed by atoms with Gasteiger partial charge in [0.15, 0.2) is 11.0 Å². The first-order valence-corrected chi connectivity index (χ1v) is 10.6. The first kappa shape index (κ1) is 19.9. The molecule has 0 N–H and O–H groups in total. The Morgan fingerprint density at radius 1 is 1.26 bits per heavy atom. The number of hydrogen-bond acceptors (Lipinski definition) is 5. The standard InChI is InChI=1S/C20H28N4O2S/c1-16-9-6-7-12-23(16)18(25)15-27-20-22-21-19(17-10-4-3-5-11-17)24(20)13-8-14-26-2/h3-5,10-11,16H,6-9,12-15H2,1-2H3/t16-/m0/s1. The zero-order valence-electron chi connectivity index (χ0n) is 16.1. The van der Waals surface area contributed by atoms with Crippen LogP contribution >= 0.6 is 11.8 Å². The predicted molar refractivity (Wildman–Crippen MR) is 108 cm³/mol. The quantitative estimate of drug-likeness (QED) is 0.512. The van der Waals surface area contributed by atoms with E-state index >= 15 is 0 Å². The second-order valence-corrected chi connectivity index (χ2v) is 7.83. The SMILES string of the molecule is COCCCn1c(SCC(=O)N2CCCC[C@@H]2C)nnc1-c1ccccc1. The second-order valence-electron chi connectivity index (χ2n) is 6.89. The monoisotopic (exact) mass is 388 g/mol. The number of rotatable bonds is 8. The van der Waals surface area contributed by atoms with Gasteiger partial charge in [0.25, 0.3) is 0 Å². The van der Waals surface area contributed by atoms with Crippen LogP contribution < -0.4 is 0 Å². The van der Waals surface area contributed by atoms with Gasteiger partial charge in [-0.1, -0.05) is 42.1 Å². The van der Waals surface area contributed by atoms with Crippen LogP contribution in [0.4, 0.5) is 0 Å². The second kappa shape index (κ2) is 9.90. The molecule has 1 fully saturated rings. The fourth-order valence-electron chi connectivity index (χ4n) is 3.44. The molecular formula is C20H28N4O2S. The van der Waals surface area contributed by atoms with Crippen molar-refractivity contribution in [2.45, 2.75) is 50.4 Å². The molecule has 6 nitrogen and oxygen atoms in total. The van der Waals surface area contributed by atoms with E-state index in [-0.39, 0.29) is 5.91 Å². The minimum absolute atomic E-state index is 0.194. The van der Waals surface area contributed by atoms with Gasteiger partial charge in [0.05, 0.1) is 5.75 Å². The van der Waals surface area contributed by atoms with Gasteiger partial charge in [-0.05, 0) is 32.6 Å². The molecule has 7 heteroatoms. The molecule has 0 spiro atoms. The molecule has 27 heavy (non-hydrogen) atoms. The van der Waals surface area contributed by atoms with E-state index in [0.29, 0.717) is 18.4 Å². The Kier molecular flexibility index (Phi) is 7.29. The van der Waals surface area contributed by atoms with E-state index in [1.165, 1.54) is 18.2 Å². The van der Waals surface area contributed by atoms with Gasteiger partial charge in [0.2, 0.25) is 5.91 Å². The van der Waals surface area contributed by atoms with Crippen molar-refractivity contribution in [3.63, 3.8) is 0 Å². The summed E-state index contributed by atoms with van der Waals surface area (Å²) in [6, 6.07) is 10.4. The van der Waals surface area contributed by atoms with Crippen molar-refractivity contribution < 1.29 is 9.53 Å². The molecule has 1 aliphatic rings. The summed E-state index contributed by atoms with van der Waals surface area (Å²) in [7, 11) is 1.71. The number of thioether (sulfide) groups is 1. The Bertz CT molecular complexity index is 735. The molecular weight excluding hydrogens is 360 g/mol. The molecule has 0 aliphatic carbocycles. The molecule has 0 radical (unpaired) electrons. The van der Waals surface area contributed by atoms with Gasteiger partial charge in [0, 0.05) is 38.4 Å². The van der Waals surface area contributed by atoms with Crippen molar-refractivity contribution in [1.82, 2.24) is 19.7 Å². The lowest BCUT2D eigenvalue weighted by molar-refractivity contribution is -0.131. The third-order valence-corrected chi connectivity index (χ3v) is 5.88. The average Bonchev–Trinajstić information content (AvgIpc) is 3.10. The zero-order chi connectivity index (χ0) is 19.1. The number of nitrogens with zero attached hydrogens (tertiary/aromatic N) is 4. The third kappa shape index (κ3) is 5.11. The van der Waals surface area contributed by atoms with E-state index in [2.05, 4.69) is 21.7 Å². The molecule has 2 heterocycles. The number of aromatic nitrogens is 3. The van der Waals surface area contributed by atoms with E-state index < -0.39 is 0 Å². The molecule has 0 saturated carbocycles. The first-order valence-electron chi connectivity index (χ1n) is 9.60. The number of methoxy groups -OCH3 is 1. The van der Waals surface area contributed by atoms with Gasteiger partial charge >= 0.3 is 0 Å². The smallest absolute Gasteiger partial charge is 0.233 e. The summed E-state index contributed by atoms with van der Waals surface area (Å²) < 4.78 is 7.30. The number of benzene rings is 1. The maximum atomic E-state index is 12.7. The van der Waals surface area contributed by atoms with Crippen molar-refractivity contribution in [1.29, 1.82) is 0 Å². The molecule has 1 atom stereocenters. The summed E-state index contributed by atoms with van der Waals surface area (Å²) in [4.78, 5) is 14.7. The van der Waals surface area contributed by atoms with E-state index in [4.69, 9.17) is 4.74 Å². The van der Waals surface area contributed by atoms with Crippen LogP contribution in [0.2, 0.25) is 0 Å². The van der Waals surface area contributed by atoms with E-state index in [9.17, 15) is 4.79 Å². The van der Waals surface area contributed by atoms with Crippen LogP contribution in [-0.4, -0.2) is 57.6 Å². The summed E-state index contributed by atoms with van der Waals surface area (Å²) in [6.07, 6.45) is 4.29. The van der Waals surface area contributed by atoms with Gasteiger partial charge in [-0.2, -0.15) is 0 Å². The average molecular weight is 389 g/mol. The normalized spacial score (nSPS) is 17.3. The van der Waals surface area contributed by atoms with Gasteiger partial charge in [-0.15, -0.1) is 10.2 Å². The molecule has 2 aromatic rings. The van der Waals surface area contributed by atoms with Crippen molar-refractivity contribution >= 4 is 17.7 Å². The van der Waals surface area contributed by atoms with Crippen LogP contribution in [0.1, 0.15) is 32.6 Å². The number of ether oxygens (including phenoxy) is 1. The van der Waals surface area contributed by atoms with Gasteiger partial charge in [0.1, 0.15) is 0 Å². The summed E-state index contributed by atoms with van der Waals surface area (Å²) in [5.74, 6) is 1.44. The highest BCUT2D eigenvalue weighted by Gasteiger charge is 2.24.